The van der Waals surface area contributed by atoms with Crippen molar-refractivity contribution in [3.8, 4) is 11.5 Å². The molecule has 0 fully saturated rings. The van der Waals surface area contributed by atoms with Gasteiger partial charge in [-0.15, -0.1) is 0 Å². The molecule has 2 atom stereocenters. The monoisotopic (exact) mass is 481 g/mol. The first kappa shape index (κ1) is 28.9. The maximum absolute atomic E-state index is 12.3. The van der Waals surface area contributed by atoms with E-state index in [0.29, 0.717) is 24.8 Å². The van der Waals surface area contributed by atoms with E-state index in [9.17, 15) is 19.2 Å². The van der Waals surface area contributed by atoms with Crippen LogP contribution in [0.1, 0.15) is 65.4 Å². The lowest BCUT2D eigenvalue weighted by molar-refractivity contribution is -0.148. The van der Waals surface area contributed by atoms with Crippen LogP contribution >= 0.6 is 0 Å². The minimum Gasteiger partial charge on any atom is -0.461 e. The van der Waals surface area contributed by atoms with E-state index in [1.54, 1.807) is 13.0 Å². The van der Waals surface area contributed by atoms with Crippen molar-refractivity contribution in [3.05, 3.63) is 23.8 Å². The van der Waals surface area contributed by atoms with Gasteiger partial charge in [-0.05, 0) is 50.3 Å². The molecular formula is C24H35NO9. The number of carbonyl (C=O) groups excluding carboxylic acids is 4. The molecule has 0 heterocycles. The minimum absolute atomic E-state index is 0.0774. The molecule has 0 radical (unpaired) electrons. The number of hydrogen-bond acceptors (Lipinski definition) is 10. The third-order valence-electron chi connectivity index (χ3n) is 4.30. The smallest absolute Gasteiger partial charge is 0.461 e. The van der Waals surface area contributed by atoms with Gasteiger partial charge in [0, 0.05) is 12.8 Å². The van der Waals surface area contributed by atoms with Crippen LogP contribution in [0.15, 0.2) is 18.2 Å². The van der Waals surface area contributed by atoms with Gasteiger partial charge in [-0.1, -0.05) is 26.8 Å². The van der Waals surface area contributed by atoms with Gasteiger partial charge in [-0.25, -0.2) is 4.79 Å². The Morgan fingerprint density at radius 3 is 2.09 bits per heavy atom. The Bertz CT molecular complexity index is 825. The molecule has 0 bridgehead atoms. The van der Waals surface area contributed by atoms with Gasteiger partial charge in [0.05, 0.1) is 6.61 Å². The van der Waals surface area contributed by atoms with Crippen molar-refractivity contribution in [1.82, 2.24) is 0 Å². The largest absolute Gasteiger partial charge is 0.508 e. The fourth-order valence-electron chi connectivity index (χ4n) is 2.66. The van der Waals surface area contributed by atoms with Crippen molar-refractivity contribution in [2.75, 3.05) is 13.2 Å². The van der Waals surface area contributed by atoms with E-state index in [2.05, 4.69) is 0 Å². The molecule has 10 heteroatoms. The first-order valence-electron chi connectivity index (χ1n) is 11.5. The molecule has 0 aliphatic rings. The highest BCUT2D eigenvalue weighted by Gasteiger charge is 2.21. The molecule has 0 amide bonds. The average molecular weight is 482 g/mol. The standard InChI is InChI=1S/C24H35NO9/c1-5-8-21(26)33-19-11-10-17(14-20(19)34-22(27)9-6-2)13-18(25)23(28)31-15-16(4)32-24(29)30-12-7-3/h10-11,14,16,18H,5-9,12-13,15,25H2,1-4H3/t16-,18-/m0/s1. The Morgan fingerprint density at radius 2 is 1.50 bits per heavy atom. The number of hydrogen-bond donors (Lipinski definition) is 1. The molecule has 1 rings (SSSR count). The molecule has 0 aromatic heterocycles. The summed E-state index contributed by atoms with van der Waals surface area (Å²) in [4.78, 5) is 47.6. The molecule has 190 valence electrons. The van der Waals surface area contributed by atoms with Crippen LogP contribution in [0.2, 0.25) is 0 Å². The molecule has 0 spiro atoms. The zero-order valence-electron chi connectivity index (χ0n) is 20.3. The molecular weight excluding hydrogens is 446 g/mol. The van der Waals surface area contributed by atoms with E-state index < -0.39 is 36.2 Å². The molecule has 0 aliphatic carbocycles. The van der Waals surface area contributed by atoms with Crippen molar-refractivity contribution < 1.29 is 42.9 Å². The predicted octanol–water partition coefficient (Wildman–Crippen LogP) is 3.46. The summed E-state index contributed by atoms with van der Waals surface area (Å²) in [5.74, 6) is -1.42. The number of esters is 3. The second-order valence-electron chi connectivity index (χ2n) is 7.70. The van der Waals surface area contributed by atoms with Crippen LogP contribution in [-0.2, 0) is 35.0 Å². The fraction of sp³-hybridized carbons (Fsp3) is 0.583. The van der Waals surface area contributed by atoms with Gasteiger partial charge in [0.1, 0.15) is 18.8 Å². The van der Waals surface area contributed by atoms with Gasteiger partial charge in [0.15, 0.2) is 11.5 Å². The summed E-state index contributed by atoms with van der Waals surface area (Å²) >= 11 is 0. The molecule has 10 nitrogen and oxygen atoms in total. The van der Waals surface area contributed by atoms with E-state index in [1.165, 1.54) is 12.1 Å². The molecule has 1 aromatic carbocycles. The lowest BCUT2D eigenvalue weighted by atomic mass is 10.1. The predicted molar refractivity (Wildman–Crippen MR) is 122 cm³/mol. The third kappa shape index (κ3) is 11.1. The van der Waals surface area contributed by atoms with Crippen LogP contribution in [0.5, 0.6) is 11.5 Å². The van der Waals surface area contributed by atoms with Gasteiger partial charge >= 0.3 is 24.1 Å². The Balaban J connectivity index is 2.76. The Hall–Kier alpha value is -3.14. The molecule has 1 aromatic rings. The van der Waals surface area contributed by atoms with Crippen molar-refractivity contribution in [1.29, 1.82) is 0 Å². The lowest BCUT2D eigenvalue weighted by Crippen LogP contribution is -2.36. The zero-order chi connectivity index (χ0) is 25.5. The highest BCUT2D eigenvalue weighted by molar-refractivity contribution is 5.77. The number of nitrogens with two attached hydrogens (primary N) is 1. The summed E-state index contributed by atoms with van der Waals surface area (Å²) in [7, 11) is 0. The van der Waals surface area contributed by atoms with Crippen LogP contribution < -0.4 is 15.2 Å². The Kier molecular flexibility index (Phi) is 13.3. The van der Waals surface area contributed by atoms with Gasteiger partial charge in [-0.3, -0.25) is 14.4 Å². The van der Waals surface area contributed by atoms with Gasteiger partial charge in [0.2, 0.25) is 0 Å². The number of benzene rings is 1. The average Bonchev–Trinajstić information content (AvgIpc) is 2.78. The second-order valence-corrected chi connectivity index (χ2v) is 7.70. The van der Waals surface area contributed by atoms with E-state index in [-0.39, 0.29) is 44.0 Å². The topological polar surface area (TPSA) is 140 Å². The van der Waals surface area contributed by atoms with Crippen LogP contribution in [0.4, 0.5) is 4.79 Å². The Morgan fingerprint density at radius 1 is 0.882 bits per heavy atom. The van der Waals surface area contributed by atoms with Crippen LogP contribution in [-0.4, -0.2) is 49.4 Å². The summed E-state index contributed by atoms with van der Waals surface area (Å²) in [5.41, 5.74) is 6.54. The molecule has 0 aliphatic heterocycles. The fourth-order valence-corrected chi connectivity index (χ4v) is 2.66. The summed E-state index contributed by atoms with van der Waals surface area (Å²) < 4.78 is 25.6. The number of carbonyl (C=O) groups is 4. The lowest BCUT2D eigenvalue weighted by Gasteiger charge is -2.16. The normalized spacial score (nSPS) is 12.3. The number of rotatable bonds is 14. The van der Waals surface area contributed by atoms with E-state index in [1.807, 2.05) is 20.8 Å². The van der Waals surface area contributed by atoms with Crippen LogP contribution in [0.25, 0.3) is 0 Å². The van der Waals surface area contributed by atoms with Crippen molar-refractivity contribution in [2.45, 2.75) is 78.4 Å². The maximum Gasteiger partial charge on any atom is 0.508 e. The molecule has 34 heavy (non-hydrogen) atoms. The van der Waals surface area contributed by atoms with E-state index in [0.717, 1.165) is 0 Å². The summed E-state index contributed by atoms with van der Waals surface area (Å²) in [5, 5.41) is 0. The molecule has 0 saturated heterocycles. The first-order chi connectivity index (χ1) is 16.2. The van der Waals surface area contributed by atoms with Crippen molar-refractivity contribution in [2.24, 2.45) is 5.73 Å². The second kappa shape index (κ2) is 15.7. The van der Waals surface area contributed by atoms with E-state index in [4.69, 9.17) is 29.4 Å². The summed E-state index contributed by atoms with van der Waals surface area (Å²) in [6.07, 6.45) is 0.829. The zero-order valence-corrected chi connectivity index (χ0v) is 20.3. The Labute approximate surface area is 200 Å². The summed E-state index contributed by atoms with van der Waals surface area (Å²) in [6.45, 7) is 7.15. The van der Waals surface area contributed by atoms with Gasteiger partial charge < -0.3 is 29.4 Å². The van der Waals surface area contributed by atoms with E-state index >= 15 is 0 Å². The first-order valence-corrected chi connectivity index (χ1v) is 11.5. The van der Waals surface area contributed by atoms with Gasteiger partial charge in [-0.2, -0.15) is 0 Å². The molecule has 0 unspecified atom stereocenters. The number of ether oxygens (including phenoxy) is 5. The minimum atomic E-state index is -1.02. The maximum atomic E-state index is 12.3. The SMILES string of the molecule is CCCOC(=O)O[C@@H](C)COC(=O)[C@@H](N)Cc1ccc(OC(=O)CCC)c(OC(=O)CCC)c1. The van der Waals surface area contributed by atoms with Crippen molar-refractivity contribution >= 4 is 24.1 Å². The van der Waals surface area contributed by atoms with Gasteiger partial charge in [0.25, 0.3) is 0 Å². The van der Waals surface area contributed by atoms with Crippen molar-refractivity contribution in [3.63, 3.8) is 0 Å². The third-order valence-corrected chi connectivity index (χ3v) is 4.30. The quantitative estimate of drug-likeness (QED) is 0.310. The van der Waals surface area contributed by atoms with Crippen LogP contribution in [0.3, 0.4) is 0 Å². The highest BCUT2D eigenvalue weighted by Crippen LogP contribution is 2.30. The highest BCUT2D eigenvalue weighted by atomic mass is 16.7. The summed E-state index contributed by atoms with van der Waals surface area (Å²) in [6, 6.07) is 3.60. The molecule has 2 N–H and O–H groups in total. The van der Waals surface area contributed by atoms with Crippen LogP contribution in [0, 0.1) is 0 Å². The molecule has 0 saturated carbocycles.